The van der Waals surface area contributed by atoms with Crippen molar-refractivity contribution in [2.45, 2.75) is 52.3 Å². The zero-order valence-electron chi connectivity index (χ0n) is 18.9. The Labute approximate surface area is 190 Å². The zero-order valence-corrected chi connectivity index (χ0v) is 18.9. The number of alkyl halides is 3. The molecule has 2 aliphatic heterocycles. The summed E-state index contributed by atoms with van der Waals surface area (Å²) in [6.07, 6.45) is 2.68. The summed E-state index contributed by atoms with van der Waals surface area (Å²) < 4.78 is 41.2. The first kappa shape index (κ1) is 22.2. The minimum Gasteiger partial charge on any atom is -0.337 e. The number of halogens is 3. The maximum Gasteiger partial charge on any atom is 0.413 e. The normalized spacial score (nSPS) is 31.4. The van der Waals surface area contributed by atoms with Crippen molar-refractivity contribution >= 4 is 11.8 Å². The average molecular weight is 463 g/mol. The van der Waals surface area contributed by atoms with Gasteiger partial charge in [-0.3, -0.25) is 14.7 Å². The fourth-order valence-electron chi connectivity index (χ4n) is 6.48. The molecule has 5 rings (SSSR count). The summed E-state index contributed by atoms with van der Waals surface area (Å²) in [5.41, 5.74) is 0.795. The van der Waals surface area contributed by atoms with E-state index in [0.29, 0.717) is 57.6 Å². The Morgan fingerprint density at radius 1 is 1.18 bits per heavy atom. The van der Waals surface area contributed by atoms with Crippen LogP contribution in [0.25, 0.3) is 0 Å². The molecule has 1 saturated heterocycles. The van der Waals surface area contributed by atoms with Crippen LogP contribution in [0, 0.1) is 23.2 Å². The highest BCUT2D eigenvalue weighted by Gasteiger charge is 2.54. The maximum atomic E-state index is 13.7. The molecule has 2 aliphatic carbocycles. The van der Waals surface area contributed by atoms with Gasteiger partial charge in [-0.1, -0.05) is 25.2 Å². The number of nitrogens with one attached hydrogen (secondary N) is 1. The molecule has 4 aliphatic rings. The first-order chi connectivity index (χ1) is 15.6. The Kier molecular flexibility index (Phi) is 5.21. The van der Waals surface area contributed by atoms with E-state index in [-0.39, 0.29) is 29.6 Å². The number of hydrogen-bond donors (Lipinski definition) is 1. The van der Waals surface area contributed by atoms with Crippen molar-refractivity contribution in [3.63, 3.8) is 0 Å². The molecule has 0 bridgehead atoms. The lowest BCUT2D eigenvalue weighted by Gasteiger charge is -2.40. The van der Waals surface area contributed by atoms with Crippen LogP contribution in [0.2, 0.25) is 0 Å². The second-order valence-electron chi connectivity index (χ2n) is 10.2. The van der Waals surface area contributed by atoms with Crippen molar-refractivity contribution in [3.05, 3.63) is 40.8 Å². The van der Waals surface area contributed by atoms with Crippen LogP contribution in [-0.4, -0.2) is 57.6 Å². The summed E-state index contributed by atoms with van der Waals surface area (Å²) in [6.45, 7) is 5.42. The standard InChI is InChI=1S/C24H29F3N4O2/c1-14(32)30-8-6-18-19(13-30)28-29-21(18)22(33)31-11-15-9-17(10-16(15)12-31)23(2)7-4-3-5-20(23)24(25,26)27/h3-5,15-17H,6-13H2,1-2H3,(H,28,29)/t15-,16+,17?,23-/m0/s1. The monoisotopic (exact) mass is 462 g/mol. The third-order valence-electron chi connectivity index (χ3n) is 8.38. The van der Waals surface area contributed by atoms with Crippen LogP contribution in [0.4, 0.5) is 13.2 Å². The molecular formula is C24H29F3N4O2. The molecule has 1 N–H and O–H groups in total. The third kappa shape index (κ3) is 3.69. The number of allylic oxidation sites excluding steroid dienone is 4. The van der Waals surface area contributed by atoms with Gasteiger partial charge in [-0.15, -0.1) is 0 Å². The lowest BCUT2D eigenvalue weighted by molar-refractivity contribution is -0.129. The van der Waals surface area contributed by atoms with Crippen LogP contribution >= 0.6 is 0 Å². The minimum absolute atomic E-state index is 0.00396. The fraction of sp³-hybridized carbons (Fsp3) is 0.625. The molecule has 0 aromatic carbocycles. The van der Waals surface area contributed by atoms with E-state index in [4.69, 9.17) is 0 Å². The second-order valence-corrected chi connectivity index (χ2v) is 10.2. The van der Waals surface area contributed by atoms with Crippen LogP contribution in [0.15, 0.2) is 23.8 Å². The molecule has 2 fully saturated rings. The molecular weight excluding hydrogens is 433 g/mol. The highest BCUT2D eigenvalue weighted by Crippen LogP contribution is 2.56. The van der Waals surface area contributed by atoms with Crippen molar-refractivity contribution in [1.29, 1.82) is 0 Å². The Bertz CT molecular complexity index is 1030. The lowest BCUT2D eigenvalue weighted by Crippen LogP contribution is -2.38. The zero-order chi connectivity index (χ0) is 23.5. The molecule has 1 aromatic rings. The predicted octanol–water partition coefficient (Wildman–Crippen LogP) is 3.87. The van der Waals surface area contributed by atoms with Gasteiger partial charge in [-0.25, -0.2) is 0 Å². The number of aromatic amines is 1. The Morgan fingerprint density at radius 3 is 2.52 bits per heavy atom. The smallest absolute Gasteiger partial charge is 0.337 e. The predicted molar refractivity (Wildman–Crippen MR) is 115 cm³/mol. The van der Waals surface area contributed by atoms with Crippen molar-refractivity contribution in [1.82, 2.24) is 20.0 Å². The van der Waals surface area contributed by atoms with Gasteiger partial charge < -0.3 is 9.80 Å². The van der Waals surface area contributed by atoms with E-state index in [2.05, 4.69) is 10.2 Å². The molecule has 1 unspecified atom stereocenters. The van der Waals surface area contributed by atoms with Crippen LogP contribution < -0.4 is 0 Å². The molecule has 1 saturated carbocycles. The maximum absolute atomic E-state index is 13.7. The number of fused-ring (bicyclic) bond motifs is 2. The largest absolute Gasteiger partial charge is 0.413 e. The van der Waals surface area contributed by atoms with Crippen molar-refractivity contribution in [3.8, 4) is 0 Å². The van der Waals surface area contributed by atoms with Gasteiger partial charge in [0.1, 0.15) is 0 Å². The van der Waals surface area contributed by atoms with E-state index < -0.39 is 17.2 Å². The van der Waals surface area contributed by atoms with Gasteiger partial charge in [-0.05, 0) is 43.4 Å². The van der Waals surface area contributed by atoms with E-state index in [1.54, 1.807) is 11.8 Å². The SMILES string of the molecule is CC(=O)N1CCc2c(C(=O)N3C[C@H]4CC([C@]5(C)CC=CC=C5C(F)(F)F)C[C@H]4C3)n[nH]c2C1. The number of amides is 2. The Balaban J connectivity index is 1.27. The third-order valence-corrected chi connectivity index (χ3v) is 8.38. The first-order valence-electron chi connectivity index (χ1n) is 11.6. The summed E-state index contributed by atoms with van der Waals surface area (Å²) in [5.74, 6) is 0.282. The highest BCUT2D eigenvalue weighted by atomic mass is 19.4. The molecule has 9 heteroatoms. The minimum atomic E-state index is -4.32. The van der Waals surface area contributed by atoms with Crippen molar-refractivity contribution < 1.29 is 22.8 Å². The molecule has 4 atom stereocenters. The van der Waals surface area contributed by atoms with Gasteiger partial charge >= 0.3 is 6.18 Å². The summed E-state index contributed by atoms with van der Waals surface area (Å²) in [6, 6.07) is 0. The van der Waals surface area contributed by atoms with Gasteiger partial charge in [0.05, 0.1) is 12.2 Å². The molecule has 6 nitrogen and oxygen atoms in total. The van der Waals surface area contributed by atoms with Gasteiger partial charge in [0.15, 0.2) is 5.69 Å². The molecule has 1 aromatic heterocycles. The fourth-order valence-corrected chi connectivity index (χ4v) is 6.48. The van der Waals surface area contributed by atoms with Crippen molar-refractivity contribution in [2.75, 3.05) is 19.6 Å². The highest BCUT2D eigenvalue weighted by molar-refractivity contribution is 5.94. The molecule has 33 heavy (non-hydrogen) atoms. The second kappa shape index (κ2) is 7.74. The number of hydrogen-bond acceptors (Lipinski definition) is 3. The number of likely N-dealkylation sites (tertiary alicyclic amines) is 1. The van der Waals surface area contributed by atoms with Gasteiger partial charge in [0.25, 0.3) is 5.91 Å². The first-order valence-corrected chi connectivity index (χ1v) is 11.6. The summed E-state index contributed by atoms with van der Waals surface area (Å²) in [5, 5.41) is 7.20. The molecule has 3 heterocycles. The average Bonchev–Trinajstić information content (AvgIpc) is 3.45. The van der Waals surface area contributed by atoms with Gasteiger partial charge in [0.2, 0.25) is 5.91 Å². The number of nitrogens with zero attached hydrogens (tertiary/aromatic N) is 3. The number of H-pyrrole nitrogens is 1. The van der Waals surface area contributed by atoms with Crippen LogP contribution in [0.1, 0.15) is 54.9 Å². The molecule has 0 radical (unpaired) electrons. The van der Waals surface area contributed by atoms with Crippen LogP contribution in [0.3, 0.4) is 0 Å². The summed E-state index contributed by atoms with van der Waals surface area (Å²) in [7, 11) is 0. The Morgan fingerprint density at radius 2 is 1.88 bits per heavy atom. The van der Waals surface area contributed by atoms with E-state index in [1.165, 1.54) is 19.1 Å². The summed E-state index contributed by atoms with van der Waals surface area (Å²) >= 11 is 0. The topological polar surface area (TPSA) is 69.3 Å². The number of carbonyl (C=O) groups excluding carboxylic acids is 2. The summed E-state index contributed by atoms with van der Waals surface area (Å²) in [4.78, 5) is 28.5. The quantitative estimate of drug-likeness (QED) is 0.726. The van der Waals surface area contributed by atoms with E-state index in [1.807, 2.05) is 11.0 Å². The molecule has 0 spiro atoms. The lowest BCUT2D eigenvalue weighted by atomic mass is 9.66. The van der Waals surface area contributed by atoms with Crippen molar-refractivity contribution in [2.24, 2.45) is 23.2 Å². The molecule has 2 amide bonds. The number of rotatable bonds is 2. The molecule has 178 valence electrons. The number of aromatic nitrogens is 2. The van der Waals surface area contributed by atoms with E-state index in [9.17, 15) is 22.8 Å². The van der Waals surface area contributed by atoms with Gasteiger partial charge in [-0.2, -0.15) is 18.3 Å². The van der Waals surface area contributed by atoms with Crippen LogP contribution in [0.5, 0.6) is 0 Å². The Hall–Kier alpha value is -2.58. The van der Waals surface area contributed by atoms with Gasteiger partial charge in [0, 0.05) is 43.1 Å². The van der Waals surface area contributed by atoms with Crippen LogP contribution in [-0.2, 0) is 17.8 Å². The van der Waals surface area contributed by atoms with E-state index >= 15 is 0 Å². The number of carbonyl (C=O) groups is 2. The van der Waals surface area contributed by atoms with E-state index in [0.717, 1.165) is 11.3 Å².